The van der Waals surface area contributed by atoms with Gasteiger partial charge in [-0.15, -0.1) is 0 Å². The molecule has 124 valence electrons. The average Bonchev–Trinajstić information content (AvgIpc) is 3.09. The highest BCUT2D eigenvalue weighted by Crippen LogP contribution is 2.38. The number of rotatable bonds is 4. The van der Waals surface area contributed by atoms with E-state index in [2.05, 4.69) is 17.6 Å². The van der Waals surface area contributed by atoms with Crippen LogP contribution >= 0.6 is 0 Å². The fourth-order valence-corrected chi connectivity index (χ4v) is 3.20. The molecule has 0 saturated carbocycles. The molecular weight excluding hydrogens is 313 g/mol. The minimum atomic E-state index is -0.680. The van der Waals surface area contributed by atoms with Crippen molar-refractivity contribution in [2.24, 2.45) is 0 Å². The first-order valence-electron chi connectivity index (χ1n) is 8.28. The zero-order valence-electron chi connectivity index (χ0n) is 13.7. The summed E-state index contributed by atoms with van der Waals surface area (Å²) in [5.41, 5.74) is 5.60. The topological polar surface area (TPSA) is 21.3 Å². The van der Waals surface area contributed by atoms with Gasteiger partial charge in [-0.25, -0.2) is 4.39 Å². The van der Waals surface area contributed by atoms with Gasteiger partial charge in [0.2, 0.25) is 0 Å². The lowest BCUT2D eigenvalue weighted by Gasteiger charge is -2.26. The van der Waals surface area contributed by atoms with E-state index >= 15 is 0 Å². The number of halogens is 1. The molecule has 4 rings (SSSR count). The zero-order valence-corrected chi connectivity index (χ0v) is 13.7. The van der Waals surface area contributed by atoms with Crippen LogP contribution in [0, 0.1) is 5.82 Å². The van der Waals surface area contributed by atoms with Gasteiger partial charge < -0.3 is 0 Å². The Morgan fingerprint density at radius 2 is 1.44 bits per heavy atom. The van der Waals surface area contributed by atoms with E-state index in [1.165, 1.54) is 6.07 Å². The minimum Gasteiger partial charge on any atom is -0.265 e. The Morgan fingerprint density at radius 1 is 0.800 bits per heavy atom. The van der Waals surface area contributed by atoms with Gasteiger partial charge in [0.25, 0.3) is 0 Å². The minimum absolute atomic E-state index is 0.270. The van der Waals surface area contributed by atoms with Crippen LogP contribution in [-0.2, 0) is 16.9 Å². The molecule has 0 saturated heterocycles. The van der Waals surface area contributed by atoms with E-state index in [4.69, 9.17) is 4.84 Å². The molecule has 0 aliphatic carbocycles. The van der Waals surface area contributed by atoms with E-state index in [0.717, 1.165) is 11.1 Å². The number of hydroxylamine groups is 1. The second kappa shape index (κ2) is 6.54. The molecule has 3 heteroatoms. The molecule has 0 radical (unpaired) electrons. The summed E-state index contributed by atoms with van der Waals surface area (Å²) >= 11 is 0. The molecular formula is C22H18FNO. The SMILES string of the molecule is Fc1ccccc1C1=CC(Cc2ccccc2)(c2ccccc2)ON1. The Hall–Kier alpha value is -2.91. The van der Waals surface area contributed by atoms with Crippen LogP contribution in [0.25, 0.3) is 5.70 Å². The van der Waals surface area contributed by atoms with Crippen molar-refractivity contribution in [3.8, 4) is 0 Å². The van der Waals surface area contributed by atoms with Crippen molar-refractivity contribution in [2.45, 2.75) is 12.0 Å². The molecule has 3 aromatic rings. The second-order valence-corrected chi connectivity index (χ2v) is 6.16. The van der Waals surface area contributed by atoms with Crippen molar-refractivity contribution in [3.05, 3.63) is 114 Å². The second-order valence-electron chi connectivity index (χ2n) is 6.16. The predicted octanol–water partition coefficient (Wildman–Crippen LogP) is 4.84. The monoisotopic (exact) mass is 331 g/mol. The number of benzene rings is 3. The quantitative estimate of drug-likeness (QED) is 0.738. The first-order valence-corrected chi connectivity index (χ1v) is 8.28. The molecule has 0 amide bonds. The summed E-state index contributed by atoms with van der Waals surface area (Å²) in [5.74, 6) is -0.270. The van der Waals surface area contributed by atoms with Crippen LogP contribution < -0.4 is 5.48 Å². The molecule has 25 heavy (non-hydrogen) atoms. The van der Waals surface area contributed by atoms with Crippen LogP contribution in [0.2, 0.25) is 0 Å². The summed E-state index contributed by atoms with van der Waals surface area (Å²) in [6, 6.07) is 26.9. The van der Waals surface area contributed by atoms with Gasteiger partial charge >= 0.3 is 0 Å². The lowest BCUT2D eigenvalue weighted by atomic mass is 9.86. The normalized spacial score (nSPS) is 19.3. The molecule has 1 N–H and O–H groups in total. The van der Waals surface area contributed by atoms with E-state index in [1.807, 2.05) is 60.7 Å². The predicted molar refractivity (Wildman–Crippen MR) is 96.9 cm³/mol. The highest BCUT2D eigenvalue weighted by Gasteiger charge is 2.38. The Balaban J connectivity index is 1.79. The molecule has 1 aliphatic heterocycles. The van der Waals surface area contributed by atoms with Gasteiger partial charge in [-0.3, -0.25) is 10.3 Å². The largest absolute Gasteiger partial charge is 0.265 e. The van der Waals surface area contributed by atoms with Crippen LogP contribution in [-0.4, -0.2) is 0 Å². The Labute approximate surface area is 146 Å². The smallest absolute Gasteiger partial charge is 0.145 e. The highest BCUT2D eigenvalue weighted by atomic mass is 19.1. The van der Waals surface area contributed by atoms with E-state index in [0.29, 0.717) is 17.7 Å². The molecule has 2 nitrogen and oxygen atoms in total. The fraction of sp³-hybridized carbons (Fsp3) is 0.0909. The van der Waals surface area contributed by atoms with Crippen molar-refractivity contribution in [1.82, 2.24) is 5.48 Å². The maximum Gasteiger partial charge on any atom is 0.145 e. The first-order chi connectivity index (χ1) is 12.3. The summed E-state index contributed by atoms with van der Waals surface area (Å²) < 4.78 is 14.2. The Morgan fingerprint density at radius 3 is 2.16 bits per heavy atom. The molecule has 3 aromatic carbocycles. The molecule has 1 atom stereocenters. The van der Waals surface area contributed by atoms with Gasteiger partial charge in [0, 0.05) is 12.0 Å². The number of hydrogen-bond acceptors (Lipinski definition) is 2. The molecule has 1 aliphatic rings. The molecule has 0 fully saturated rings. The molecule has 0 spiro atoms. The fourth-order valence-electron chi connectivity index (χ4n) is 3.20. The molecule has 0 bridgehead atoms. The third-order valence-electron chi connectivity index (χ3n) is 4.46. The van der Waals surface area contributed by atoms with E-state index in [-0.39, 0.29) is 5.82 Å². The maximum atomic E-state index is 14.2. The van der Waals surface area contributed by atoms with Crippen molar-refractivity contribution < 1.29 is 9.23 Å². The summed E-state index contributed by atoms with van der Waals surface area (Å²) in [4.78, 5) is 6.04. The van der Waals surface area contributed by atoms with Crippen LogP contribution in [0.1, 0.15) is 16.7 Å². The molecule has 1 heterocycles. The molecule has 1 unspecified atom stereocenters. The average molecular weight is 331 g/mol. The lowest BCUT2D eigenvalue weighted by Crippen LogP contribution is -2.29. The number of hydrogen-bond donors (Lipinski definition) is 1. The third kappa shape index (κ3) is 3.06. The zero-order chi connectivity index (χ0) is 17.1. The van der Waals surface area contributed by atoms with Crippen molar-refractivity contribution in [1.29, 1.82) is 0 Å². The van der Waals surface area contributed by atoms with Gasteiger partial charge in [-0.05, 0) is 29.3 Å². The van der Waals surface area contributed by atoms with Crippen LogP contribution in [0.4, 0.5) is 4.39 Å². The van der Waals surface area contributed by atoms with Crippen LogP contribution in [0.5, 0.6) is 0 Å². The van der Waals surface area contributed by atoms with Gasteiger partial charge in [-0.2, -0.15) is 0 Å². The van der Waals surface area contributed by atoms with Crippen molar-refractivity contribution in [2.75, 3.05) is 0 Å². The number of nitrogens with one attached hydrogen (secondary N) is 1. The summed E-state index contributed by atoms with van der Waals surface area (Å²) in [7, 11) is 0. The van der Waals surface area contributed by atoms with Gasteiger partial charge in [0.15, 0.2) is 0 Å². The summed E-state index contributed by atoms with van der Waals surface area (Å²) in [6.45, 7) is 0. The van der Waals surface area contributed by atoms with Crippen molar-refractivity contribution >= 4 is 5.70 Å². The van der Waals surface area contributed by atoms with Gasteiger partial charge in [-0.1, -0.05) is 72.8 Å². The Bertz CT molecular complexity index is 892. The Kier molecular flexibility index (Phi) is 4.08. The lowest BCUT2D eigenvalue weighted by molar-refractivity contribution is -0.0380. The third-order valence-corrected chi connectivity index (χ3v) is 4.46. The van der Waals surface area contributed by atoms with Crippen LogP contribution in [0.15, 0.2) is 91.0 Å². The van der Waals surface area contributed by atoms with E-state index in [1.54, 1.807) is 12.1 Å². The molecule has 0 aromatic heterocycles. The summed E-state index contributed by atoms with van der Waals surface area (Å²) in [5, 5.41) is 0. The van der Waals surface area contributed by atoms with E-state index in [9.17, 15) is 4.39 Å². The van der Waals surface area contributed by atoms with E-state index < -0.39 is 5.60 Å². The van der Waals surface area contributed by atoms with Crippen LogP contribution in [0.3, 0.4) is 0 Å². The van der Waals surface area contributed by atoms with Crippen molar-refractivity contribution in [3.63, 3.8) is 0 Å². The first kappa shape index (κ1) is 15.6. The standard InChI is InChI=1S/C22H18FNO/c23-20-14-8-7-13-19(20)21-16-22(25-24-21,18-11-5-2-6-12-18)15-17-9-3-1-4-10-17/h1-14,16,24H,15H2. The van der Waals surface area contributed by atoms with Gasteiger partial charge in [0.05, 0.1) is 5.70 Å². The van der Waals surface area contributed by atoms with Gasteiger partial charge in [0.1, 0.15) is 11.4 Å². The summed E-state index contributed by atoms with van der Waals surface area (Å²) in [6.07, 6.45) is 2.64. The highest BCUT2D eigenvalue weighted by molar-refractivity contribution is 5.67. The maximum absolute atomic E-state index is 14.2.